The average molecular weight is 429 g/mol. The first-order valence-corrected chi connectivity index (χ1v) is 11.2. The third-order valence-electron chi connectivity index (χ3n) is 6.11. The molecule has 5 rings (SSSR count). The van der Waals surface area contributed by atoms with Crippen LogP contribution in [0.2, 0.25) is 0 Å². The minimum absolute atomic E-state index is 0.158. The first-order chi connectivity index (χ1) is 15.7. The lowest BCUT2D eigenvalue weighted by Crippen LogP contribution is -2.33. The standard InChI is InChI=1S/C26H28N4O2/c1-20(31)29-13-7-12-28(14-15-29)18-23-19-30(17-21-8-3-2-4-9-21)27-26(23)25-16-22-10-5-6-11-24(22)32-25/h2-6,8-11,16,19H,7,12-15,17-18H2,1H3. The monoisotopic (exact) mass is 428 g/mol. The summed E-state index contributed by atoms with van der Waals surface area (Å²) in [6.45, 7) is 6.58. The number of hydrogen-bond acceptors (Lipinski definition) is 4. The van der Waals surface area contributed by atoms with E-state index in [2.05, 4.69) is 47.5 Å². The zero-order valence-corrected chi connectivity index (χ0v) is 18.4. The molecule has 2 aromatic carbocycles. The maximum absolute atomic E-state index is 11.8. The van der Waals surface area contributed by atoms with Crippen LogP contribution in [0.1, 0.15) is 24.5 Å². The largest absolute Gasteiger partial charge is 0.454 e. The average Bonchev–Trinajstić information content (AvgIpc) is 3.31. The number of carbonyl (C=O) groups excluding carboxylic acids is 1. The molecule has 0 radical (unpaired) electrons. The first kappa shape index (κ1) is 20.5. The number of aromatic nitrogens is 2. The summed E-state index contributed by atoms with van der Waals surface area (Å²) in [4.78, 5) is 16.2. The molecule has 164 valence electrons. The normalized spacial score (nSPS) is 15.2. The highest BCUT2D eigenvalue weighted by atomic mass is 16.3. The van der Waals surface area contributed by atoms with Gasteiger partial charge in [0.15, 0.2) is 5.76 Å². The van der Waals surface area contributed by atoms with Crippen molar-refractivity contribution in [3.05, 3.63) is 78.0 Å². The molecule has 0 saturated carbocycles. The zero-order valence-electron chi connectivity index (χ0n) is 18.4. The van der Waals surface area contributed by atoms with Gasteiger partial charge < -0.3 is 9.32 Å². The van der Waals surface area contributed by atoms with Gasteiger partial charge in [0.1, 0.15) is 11.3 Å². The van der Waals surface area contributed by atoms with Gasteiger partial charge in [-0.3, -0.25) is 14.4 Å². The fraction of sp³-hybridized carbons (Fsp3) is 0.308. The van der Waals surface area contributed by atoms with Crippen molar-refractivity contribution in [2.75, 3.05) is 26.2 Å². The van der Waals surface area contributed by atoms with Gasteiger partial charge in [-0.1, -0.05) is 48.5 Å². The number of nitrogens with zero attached hydrogens (tertiary/aromatic N) is 4. The summed E-state index contributed by atoms with van der Waals surface area (Å²) in [7, 11) is 0. The molecule has 32 heavy (non-hydrogen) atoms. The molecule has 0 N–H and O–H groups in total. The smallest absolute Gasteiger partial charge is 0.219 e. The van der Waals surface area contributed by atoms with Gasteiger partial charge in [0.25, 0.3) is 0 Å². The minimum atomic E-state index is 0.158. The maximum Gasteiger partial charge on any atom is 0.219 e. The topological polar surface area (TPSA) is 54.5 Å². The summed E-state index contributed by atoms with van der Waals surface area (Å²) in [6.07, 6.45) is 3.13. The van der Waals surface area contributed by atoms with Crippen molar-refractivity contribution >= 4 is 16.9 Å². The van der Waals surface area contributed by atoms with Gasteiger partial charge in [-0.2, -0.15) is 5.10 Å². The Balaban J connectivity index is 1.45. The van der Waals surface area contributed by atoms with E-state index < -0.39 is 0 Å². The second kappa shape index (κ2) is 9.01. The van der Waals surface area contributed by atoms with Crippen molar-refractivity contribution in [2.24, 2.45) is 0 Å². The van der Waals surface area contributed by atoms with Gasteiger partial charge >= 0.3 is 0 Å². The number of furan rings is 1. The molecule has 0 bridgehead atoms. The Bertz CT molecular complexity index is 1180. The molecule has 2 aromatic heterocycles. The fourth-order valence-corrected chi connectivity index (χ4v) is 4.42. The lowest BCUT2D eigenvalue weighted by Gasteiger charge is -2.20. The Labute approximate surface area is 188 Å². The molecule has 1 aliphatic heterocycles. The lowest BCUT2D eigenvalue weighted by molar-refractivity contribution is -0.128. The molecule has 4 aromatic rings. The second-order valence-corrected chi connectivity index (χ2v) is 8.47. The third-order valence-corrected chi connectivity index (χ3v) is 6.11. The number of carbonyl (C=O) groups is 1. The molecule has 6 heteroatoms. The predicted octanol–water partition coefficient (Wildman–Crippen LogP) is 4.40. The molecule has 1 aliphatic rings. The van der Waals surface area contributed by atoms with Gasteiger partial charge in [-0.05, 0) is 24.1 Å². The van der Waals surface area contributed by atoms with E-state index in [1.807, 2.05) is 33.8 Å². The Hall–Kier alpha value is -3.38. The van der Waals surface area contributed by atoms with Crippen molar-refractivity contribution < 1.29 is 9.21 Å². The highest BCUT2D eigenvalue weighted by molar-refractivity contribution is 5.82. The molecule has 1 saturated heterocycles. The van der Waals surface area contributed by atoms with E-state index in [-0.39, 0.29) is 5.91 Å². The van der Waals surface area contributed by atoms with Crippen LogP contribution < -0.4 is 0 Å². The van der Waals surface area contributed by atoms with Crippen LogP contribution in [0, 0.1) is 0 Å². The van der Waals surface area contributed by atoms with E-state index in [4.69, 9.17) is 9.52 Å². The zero-order chi connectivity index (χ0) is 21.9. The van der Waals surface area contributed by atoms with E-state index >= 15 is 0 Å². The summed E-state index contributed by atoms with van der Waals surface area (Å²) in [6, 6.07) is 20.5. The summed E-state index contributed by atoms with van der Waals surface area (Å²) >= 11 is 0. The van der Waals surface area contributed by atoms with Crippen LogP contribution in [0.4, 0.5) is 0 Å². The van der Waals surface area contributed by atoms with Gasteiger partial charge in [0.05, 0.1) is 6.54 Å². The van der Waals surface area contributed by atoms with Crippen LogP contribution in [0.3, 0.4) is 0 Å². The van der Waals surface area contributed by atoms with Crippen LogP contribution in [-0.4, -0.2) is 51.7 Å². The van der Waals surface area contributed by atoms with Crippen molar-refractivity contribution in [1.29, 1.82) is 0 Å². The Morgan fingerprint density at radius 2 is 1.78 bits per heavy atom. The van der Waals surface area contributed by atoms with Crippen LogP contribution >= 0.6 is 0 Å². The van der Waals surface area contributed by atoms with Crippen LogP contribution in [0.15, 0.2) is 71.3 Å². The van der Waals surface area contributed by atoms with Crippen LogP contribution in [0.5, 0.6) is 0 Å². The molecule has 0 aliphatic carbocycles. The van der Waals surface area contributed by atoms with E-state index in [0.29, 0.717) is 6.54 Å². The van der Waals surface area contributed by atoms with Crippen molar-refractivity contribution in [2.45, 2.75) is 26.4 Å². The highest BCUT2D eigenvalue weighted by Gasteiger charge is 2.21. The van der Waals surface area contributed by atoms with E-state index in [1.54, 1.807) is 6.92 Å². The van der Waals surface area contributed by atoms with E-state index in [0.717, 1.165) is 67.1 Å². The molecular weight excluding hydrogens is 400 g/mol. The summed E-state index contributed by atoms with van der Waals surface area (Å²) in [5.74, 6) is 0.957. The number of fused-ring (bicyclic) bond motifs is 1. The third kappa shape index (κ3) is 4.46. The van der Waals surface area contributed by atoms with Gasteiger partial charge in [0.2, 0.25) is 5.91 Å². The van der Waals surface area contributed by atoms with Gasteiger partial charge in [-0.25, -0.2) is 0 Å². The first-order valence-electron chi connectivity index (χ1n) is 11.2. The van der Waals surface area contributed by atoms with Gasteiger partial charge in [-0.15, -0.1) is 0 Å². The number of para-hydroxylation sites is 1. The second-order valence-electron chi connectivity index (χ2n) is 8.47. The molecule has 1 amide bonds. The van der Waals surface area contributed by atoms with E-state index in [1.165, 1.54) is 5.56 Å². The number of amides is 1. The maximum atomic E-state index is 11.8. The number of hydrogen-bond donors (Lipinski definition) is 0. The number of rotatable bonds is 5. The predicted molar refractivity (Wildman–Crippen MR) is 125 cm³/mol. The van der Waals surface area contributed by atoms with Crippen molar-refractivity contribution in [1.82, 2.24) is 19.6 Å². The molecule has 1 fully saturated rings. The molecule has 3 heterocycles. The summed E-state index contributed by atoms with van der Waals surface area (Å²) in [5, 5.41) is 6.02. The van der Waals surface area contributed by atoms with E-state index in [9.17, 15) is 4.79 Å². The highest BCUT2D eigenvalue weighted by Crippen LogP contribution is 2.30. The Morgan fingerprint density at radius 1 is 0.969 bits per heavy atom. The van der Waals surface area contributed by atoms with Crippen LogP contribution in [0.25, 0.3) is 22.4 Å². The summed E-state index contributed by atoms with van der Waals surface area (Å²) in [5.41, 5.74) is 4.13. The fourth-order valence-electron chi connectivity index (χ4n) is 4.42. The summed E-state index contributed by atoms with van der Waals surface area (Å²) < 4.78 is 8.18. The molecule has 6 nitrogen and oxygen atoms in total. The Kier molecular flexibility index (Phi) is 5.77. The number of benzene rings is 2. The molecule has 0 unspecified atom stereocenters. The lowest BCUT2D eigenvalue weighted by atomic mass is 10.1. The quantitative estimate of drug-likeness (QED) is 0.473. The van der Waals surface area contributed by atoms with Crippen molar-refractivity contribution in [3.63, 3.8) is 0 Å². The SMILES string of the molecule is CC(=O)N1CCCN(Cc2cn(Cc3ccccc3)nc2-c2cc3ccccc3o2)CC1. The van der Waals surface area contributed by atoms with Crippen LogP contribution in [-0.2, 0) is 17.9 Å². The molecule has 0 spiro atoms. The van der Waals surface area contributed by atoms with Gasteiger partial charge in [0, 0.05) is 56.8 Å². The van der Waals surface area contributed by atoms with Crippen molar-refractivity contribution in [3.8, 4) is 11.5 Å². The Morgan fingerprint density at radius 3 is 2.59 bits per heavy atom. The minimum Gasteiger partial charge on any atom is -0.454 e. The molecule has 0 atom stereocenters. The molecular formula is C26H28N4O2.